The molecule has 2 heterocycles. The van der Waals surface area contributed by atoms with Crippen molar-refractivity contribution in [3.63, 3.8) is 0 Å². The molecule has 4 nitrogen and oxygen atoms in total. The van der Waals surface area contributed by atoms with E-state index >= 15 is 0 Å². The Balaban J connectivity index is 0.000000683. The third-order valence-electron chi connectivity index (χ3n) is 5.18. The number of rotatable bonds is 5. The van der Waals surface area contributed by atoms with Gasteiger partial charge in [0.05, 0.1) is 0 Å². The van der Waals surface area contributed by atoms with Crippen LogP contribution in [0.25, 0.3) is 10.1 Å². The molecule has 0 fully saturated rings. The number of nitrogens with zero attached hydrogens (tertiary/aromatic N) is 1. The van der Waals surface area contributed by atoms with E-state index in [2.05, 4.69) is 85.7 Å². The molecule has 1 unspecified atom stereocenters. The molecule has 2 aromatic carbocycles. The minimum Gasteiger partial charge on any atom is -0.336 e. The Morgan fingerprint density at radius 1 is 1.14 bits per heavy atom. The van der Waals surface area contributed by atoms with Gasteiger partial charge in [0.2, 0.25) is 0 Å². The van der Waals surface area contributed by atoms with Crippen LogP contribution < -0.4 is 10.6 Å². The summed E-state index contributed by atoms with van der Waals surface area (Å²) in [5.41, 5.74) is 2.74. The fourth-order valence-corrected chi connectivity index (χ4v) is 4.60. The van der Waals surface area contributed by atoms with E-state index in [1.165, 1.54) is 32.5 Å². The molecule has 5 heteroatoms. The normalized spacial score (nSPS) is 13.5. The molecule has 35 heavy (non-hydrogen) atoms. The molecule has 3 aromatic rings. The van der Waals surface area contributed by atoms with E-state index < -0.39 is 0 Å². The third kappa shape index (κ3) is 10.7. The third-order valence-corrected chi connectivity index (χ3v) is 6.36. The number of hydrogen-bond acceptors (Lipinski definition) is 3. The van der Waals surface area contributed by atoms with Crippen molar-refractivity contribution in [3.05, 3.63) is 83.3 Å². The predicted octanol–water partition coefficient (Wildman–Crippen LogP) is 7.43. The van der Waals surface area contributed by atoms with Gasteiger partial charge in [0, 0.05) is 42.3 Å². The van der Waals surface area contributed by atoms with E-state index in [0.29, 0.717) is 12.6 Å². The van der Waals surface area contributed by atoms with Crippen molar-refractivity contribution >= 4 is 27.5 Å². The van der Waals surface area contributed by atoms with Gasteiger partial charge in [-0.1, -0.05) is 82.7 Å². The number of hydrogen-bond donors (Lipinski definition) is 2. The maximum Gasteiger partial charge on any atom is 0.317 e. The van der Waals surface area contributed by atoms with Gasteiger partial charge in [-0.2, -0.15) is 0 Å². The van der Waals surface area contributed by atoms with Crippen LogP contribution in [0.3, 0.4) is 0 Å². The zero-order chi connectivity index (χ0) is 26.1. The van der Waals surface area contributed by atoms with Crippen molar-refractivity contribution in [2.24, 2.45) is 0 Å². The minimum atomic E-state index is -0.00299. The van der Waals surface area contributed by atoms with E-state index in [0.717, 1.165) is 25.9 Å². The van der Waals surface area contributed by atoms with Crippen LogP contribution in [-0.2, 0) is 19.4 Å². The Kier molecular flexibility index (Phi) is 15.4. The smallest absolute Gasteiger partial charge is 0.317 e. The van der Waals surface area contributed by atoms with Crippen molar-refractivity contribution in [1.29, 1.82) is 0 Å². The van der Waals surface area contributed by atoms with Crippen molar-refractivity contribution < 1.29 is 4.79 Å². The molecule has 1 aromatic heterocycles. The summed E-state index contributed by atoms with van der Waals surface area (Å²) in [6.45, 7) is 15.7. The standard InChI is InChI=1S/C22H25N3OS.C3H8.C3H6.C2H6/c1-25(11-10-20-13-17-7-4-5-9-21(17)27-20)22(26)24-15-19-12-16-6-2-3-8-18(16)14-23-19;2*1-3-2;1-2/h2-9,13,19,23H,10-12,14-15H2,1H3,(H,24,26);3H2,1-2H3;3H,1H2,2H3;1-2H3. The second-order valence-electron chi connectivity index (χ2n) is 8.27. The average molecular weight is 496 g/mol. The predicted molar refractivity (Wildman–Crippen MR) is 156 cm³/mol. The highest BCUT2D eigenvalue weighted by molar-refractivity contribution is 7.19. The number of benzene rings is 2. The molecule has 0 spiro atoms. The highest BCUT2D eigenvalue weighted by Gasteiger charge is 2.18. The van der Waals surface area contributed by atoms with Crippen LogP contribution in [0, 0.1) is 0 Å². The molecular weight excluding hydrogens is 450 g/mol. The van der Waals surface area contributed by atoms with Gasteiger partial charge in [0.1, 0.15) is 0 Å². The number of allylic oxidation sites excluding steroid dienone is 1. The van der Waals surface area contributed by atoms with Crippen LogP contribution in [-0.4, -0.2) is 37.1 Å². The average Bonchev–Trinajstić information content (AvgIpc) is 3.31. The highest BCUT2D eigenvalue weighted by atomic mass is 32.1. The molecule has 0 aliphatic carbocycles. The van der Waals surface area contributed by atoms with Gasteiger partial charge in [-0.3, -0.25) is 0 Å². The summed E-state index contributed by atoms with van der Waals surface area (Å²) in [4.78, 5) is 15.5. The monoisotopic (exact) mass is 495 g/mol. The van der Waals surface area contributed by atoms with E-state index in [9.17, 15) is 4.79 Å². The topological polar surface area (TPSA) is 44.4 Å². The number of amides is 2. The number of thiophene rings is 1. The van der Waals surface area contributed by atoms with E-state index in [-0.39, 0.29) is 6.03 Å². The molecule has 0 bridgehead atoms. The van der Waals surface area contributed by atoms with Gasteiger partial charge in [0.15, 0.2) is 0 Å². The van der Waals surface area contributed by atoms with Gasteiger partial charge in [-0.15, -0.1) is 17.9 Å². The minimum absolute atomic E-state index is 0.00299. The first-order valence-corrected chi connectivity index (χ1v) is 13.7. The number of fused-ring (bicyclic) bond motifs is 2. The Bertz CT molecular complexity index is 965. The quantitative estimate of drug-likeness (QED) is 0.361. The molecule has 2 amide bonds. The van der Waals surface area contributed by atoms with Crippen LogP contribution in [0.1, 0.15) is 57.0 Å². The second-order valence-corrected chi connectivity index (χ2v) is 9.44. The number of urea groups is 1. The van der Waals surface area contributed by atoms with Crippen LogP contribution in [0.2, 0.25) is 0 Å². The largest absolute Gasteiger partial charge is 0.336 e. The molecule has 0 saturated carbocycles. The molecule has 1 atom stereocenters. The highest BCUT2D eigenvalue weighted by Crippen LogP contribution is 2.25. The Morgan fingerprint density at radius 3 is 2.40 bits per heavy atom. The number of carbonyl (C=O) groups excluding carboxylic acids is 1. The van der Waals surface area contributed by atoms with E-state index in [1.54, 1.807) is 11.0 Å². The lowest BCUT2D eigenvalue weighted by Crippen LogP contribution is -2.47. The summed E-state index contributed by atoms with van der Waals surface area (Å²) in [6, 6.07) is 19.5. The lowest BCUT2D eigenvalue weighted by atomic mass is 9.96. The molecule has 1 aliphatic rings. The van der Waals surface area contributed by atoms with Gasteiger partial charge in [-0.25, -0.2) is 4.79 Å². The fourth-order valence-electron chi connectivity index (χ4n) is 3.55. The first-order valence-electron chi connectivity index (χ1n) is 12.9. The maximum absolute atomic E-state index is 12.4. The zero-order valence-corrected chi connectivity index (χ0v) is 23.4. The van der Waals surface area contributed by atoms with Crippen molar-refractivity contribution in [2.45, 2.75) is 66.5 Å². The number of carbonyl (C=O) groups is 1. The van der Waals surface area contributed by atoms with Crippen LogP contribution >= 0.6 is 11.3 Å². The van der Waals surface area contributed by atoms with Crippen molar-refractivity contribution in [1.82, 2.24) is 15.5 Å². The van der Waals surface area contributed by atoms with E-state index in [1.807, 2.05) is 39.2 Å². The second kappa shape index (κ2) is 17.8. The molecule has 2 N–H and O–H groups in total. The van der Waals surface area contributed by atoms with Gasteiger partial charge < -0.3 is 15.5 Å². The molecule has 1 aliphatic heterocycles. The maximum atomic E-state index is 12.4. The molecular formula is C30H45N3OS. The van der Waals surface area contributed by atoms with Crippen LogP contribution in [0.5, 0.6) is 0 Å². The number of nitrogens with one attached hydrogen (secondary N) is 2. The molecule has 192 valence electrons. The lowest BCUT2D eigenvalue weighted by Gasteiger charge is -2.27. The first-order chi connectivity index (χ1) is 17.0. The fraction of sp³-hybridized carbons (Fsp3) is 0.433. The Morgan fingerprint density at radius 2 is 1.74 bits per heavy atom. The summed E-state index contributed by atoms with van der Waals surface area (Å²) in [7, 11) is 1.87. The lowest BCUT2D eigenvalue weighted by molar-refractivity contribution is 0.208. The molecule has 0 saturated heterocycles. The molecule has 0 radical (unpaired) electrons. The summed E-state index contributed by atoms with van der Waals surface area (Å²) < 4.78 is 1.31. The van der Waals surface area contributed by atoms with Crippen molar-refractivity contribution in [3.8, 4) is 0 Å². The Hall–Kier alpha value is -2.63. The SMILES string of the molecule is C=CC.CC.CCC.CN(CCc1cc2ccccc2s1)C(=O)NCC1Cc2ccccc2CN1. The molecule has 4 rings (SSSR count). The van der Waals surface area contributed by atoms with Crippen molar-refractivity contribution in [2.75, 3.05) is 20.1 Å². The van der Waals surface area contributed by atoms with Crippen LogP contribution in [0.4, 0.5) is 4.79 Å². The summed E-state index contributed by atoms with van der Waals surface area (Å²) in [5.74, 6) is 0. The summed E-state index contributed by atoms with van der Waals surface area (Å²) in [5, 5.41) is 7.87. The Labute approximate surface area is 217 Å². The van der Waals surface area contributed by atoms with E-state index in [4.69, 9.17) is 0 Å². The van der Waals surface area contributed by atoms with Gasteiger partial charge in [-0.05, 0) is 48.4 Å². The first kappa shape index (κ1) is 30.4. The van der Waals surface area contributed by atoms with Crippen LogP contribution in [0.15, 0.2) is 67.3 Å². The zero-order valence-electron chi connectivity index (χ0n) is 22.6. The van der Waals surface area contributed by atoms with Gasteiger partial charge >= 0.3 is 6.03 Å². The summed E-state index contributed by atoms with van der Waals surface area (Å²) in [6.07, 6.45) is 4.85. The number of likely N-dealkylation sites (N-methyl/N-ethyl adjacent to an activating group) is 1. The van der Waals surface area contributed by atoms with Gasteiger partial charge in [0.25, 0.3) is 0 Å². The summed E-state index contributed by atoms with van der Waals surface area (Å²) >= 11 is 1.81.